The zero-order valence-electron chi connectivity index (χ0n) is 9.47. The van der Waals surface area contributed by atoms with Crippen LogP contribution < -0.4 is 0 Å². The number of nitrogens with zero attached hydrogens (tertiary/aromatic N) is 1. The third kappa shape index (κ3) is 2.08. The van der Waals surface area contributed by atoms with Gasteiger partial charge in [0.1, 0.15) is 0 Å². The molecular formula is C13H21N. The zero-order valence-corrected chi connectivity index (χ0v) is 9.47. The van der Waals surface area contributed by atoms with Crippen LogP contribution >= 0.6 is 0 Å². The normalized spacial score (nSPS) is 21.5. The van der Waals surface area contributed by atoms with Gasteiger partial charge in [-0.05, 0) is 55.6 Å². The van der Waals surface area contributed by atoms with Crippen LogP contribution in [0.1, 0.15) is 52.4 Å². The van der Waals surface area contributed by atoms with Crippen LogP contribution in [0.5, 0.6) is 0 Å². The SMILES string of the molecule is CC(C)CCC1=NCC2=C1CCCC2. The van der Waals surface area contributed by atoms with Gasteiger partial charge in [-0.3, -0.25) is 4.99 Å². The van der Waals surface area contributed by atoms with Crippen molar-refractivity contribution in [2.75, 3.05) is 6.54 Å². The largest absolute Gasteiger partial charge is 0.285 e. The molecule has 1 nitrogen and oxygen atoms in total. The van der Waals surface area contributed by atoms with E-state index in [9.17, 15) is 0 Å². The number of hydrogen-bond donors (Lipinski definition) is 0. The lowest BCUT2D eigenvalue weighted by Gasteiger charge is -2.15. The molecule has 0 N–H and O–H groups in total. The molecule has 1 heteroatoms. The first-order valence-corrected chi connectivity index (χ1v) is 6.02. The Morgan fingerprint density at radius 2 is 2.00 bits per heavy atom. The predicted molar refractivity (Wildman–Crippen MR) is 61.9 cm³/mol. The topological polar surface area (TPSA) is 12.4 Å². The lowest BCUT2D eigenvalue weighted by molar-refractivity contribution is 0.602. The van der Waals surface area contributed by atoms with E-state index >= 15 is 0 Å². The number of allylic oxidation sites excluding steroid dienone is 1. The fourth-order valence-corrected chi connectivity index (χ4v) is 2.43. The second-order valence-electron chi connectivity index (χ2n) is 4.98. The van der Waals surface area contributed by atoms with Crippen molar-refractivity contribution in [1.82, 2.24) is 0 Å². The van der Waals surface area contributed by atoms with Gasteiger partial charge in [-0.2, -0.15) is 0 Å². The highest BCUT2D eigenvalue weighted by Crippen LogP contribution is 2.31. The van der Waals surface area contributed by atoms with E-state index in [2.05, 4.69) is 13.8 Å². The van der Waals surface area contributed by atoms with Crippen molar-refractivity contribution >= 4 is 5.71 Å². The van der Waals surface area contributed by atoms with Gasteiger partial charge in [-0.25, -0.2) is 0 Å². The van der Waals surface area contributed by atoms with Gasteiger partial charge in [0.2, 0.25) is 0 Å². The van der Waals surface area contributed by atoms with Crippen LogP contribution in [0.4, 0.5) is 0 Å². The van der Waals surface area contributed by atoms with Crippen molar-refractivity contribution in [3.8, 4) is 0 Å². The second-order valence-corrected chi connectivity index (χ2v) is 4.98. The fraction of sp³-hybridized carbons (Fsp3) is 0.769. The average Bonchev–Trinajstić information content (AvgIpc) is 2.58. The molecule has 0 fully saturated rings. The van der Waals surface area contributed by atoms with E-state index in [1.165, 1.54) is 44.2 Å². The van der Waals surface area contributed by atoms with E-state index in [4.69, 9.17) is 4.99 Å². The van der Waals surface area contributed by atoms with E-state index in [1.807, 2.05) is 0 Å². The van der Waals surface area contributed by atoms with Crippen LogP contribution in [0.2, 0.25) is 0 Å². The van der Waals surface area contributed by atoms with Crippen LogP contribution in [0.25, 0.3) is 0 Å². The summed E-state index contributed by atoms with van der Waals surface area (Å²) in [5, 5.41) is 0. The van der Waals surface area contributed by atoms with Crippen molar-refractivity contribution in [3.63, 3.8) is 0 Å². The minimum atomic E-state index is 0.811. The van der Waals surface area contributed by atoms with Gasteiger partial charge in [-0.1, -0.05) is 13.8 Å². The van der Waals surface area contributed by atoms with Gasteiger partial charge < -0.3 is 0 Å². The summed E-state index contributed by atoms with van der Waals surface area (Å²) in [4.78, 5) is 4.69. The van der Waals surface area contributed by atoms with Crippen molar-refractivity contribution in [1.29, 1.82) is 0 Å². The molecule has 1 aliphatic carbocycles. The summed E-state index contributed by atoms with van der Waals surface area (Å²) in [5.41, 5.74) is 4.76. The van der Waals surface area contributed by atoms with Gasteiger partial charge in [0.05, 0.1) is 6.54 Å². The first kappa shape index (κ1) is 9.95. The molecule has 0 aromatic rings. The third-order valence-corrected chi connectivity index (χ3v) is 3.35. The number of hydrogen-bond acceptors (Lipinski definition) is 1. The van der Waals surface area contributed by atoms with E-state index in [0.717, 1.165) is 12.5 Å². The molecule has 0 unspecified atom stereocenters. The highest BCUT2D eigenvalue weighted by Gasteiger charge is 2.21. The maximum atomic E-state index is 4.69. The van der Waals surface area contributed by atoms with Gasteiger partial charge in [0.25, 0.3) is 0 Å². The highest BCUT2D eigenvalue weighted by molar-refractivity contribution is 6.02. The summed E-state index contributed by atoms with van der Waals surface area (Å²) in [6.45, 7) is 5.63. The smallest absolute Gasteiger partial charge is 0.0609 e. The first-order chi connectivity index (χ1) is 6.77. The maximum Gasteiger partial charge on any atom is 0.0609 e. The van der Waals surface area contributed by atoms with Gasteiger partial charge in [0.15, 0.2) is 0 Å². The minimum Gasteiger partial charge on any atom is -0.285 e. The van der Waals surface area contributed by atoms with Crippen LogP contribution in [0, 0.1) is 5.92 Å². The summed E-state index contributed by atoms with van der Waals surface area (Å²) in [5.74, 6) is 0.811. The van der Waals surface area contributed by atoms with E-state index in [0.29, 0.717) is 0 Å². The standard InChI is InChI=1S/C13H21N/c1-10(2)7-8-13-12-6-4-3-5-11(12)9-14-13/h10H,3-9H2,1-2H3. The molecule has 0 saturated heterocycles. The molecule has 0 aromatic heterocycles. The minimum absolute atomic E-state index is 0.811. The summed E-state index contributed by atoms with van der Waals surface area (Å²) < 4.78 is 0. The molecule has 0 atom stereocenters. The van der Waals surface area contributed by atoms with E-state index in [-0.39, 0.29) is 0 Å². The van der Waals surface area contributed by atoms with Gasteiger partial charge in [-0.15, -0.1) is 0 Å². The van der Waals surface area contributed by atoms with Crippen molar-refractivity contribution in [2.45, 2.75) is 52.4 Å². The van der Waals surface area contributed by atoms with Crippen LogP contribution in [-0.4, -0.2) is 12.3 Å². The van der Waals surface area contributed by atoms with E-state index in [1.54, 1.807) is 11.1 Å². The Bertz CT molecular complexity index is 271. The molecular weight excluding hydrogens is 170 g/mol. The Morgan fingerprint density at radius 1 is 1.21 bits per heavy atom. The molecule has 78 valence electrons. The summed E-state index contributed by atoms with van der Waals surface area (Å²) in [7, 11) is 0. The zero-order chi connectivity index (χ0) is 9.97. The van der Waals surface area contributed by atoms with Crippen LogP contribution in [0.15, 0.2) is 16.1 Å². The molecule has 2 rings (SSSR count). The summed E-state index contributed by atoms with van der Waals surface area (Å²) >= 11 is 0. The van der Waals surface area contributed by atoms with Crippen molar-refractivity contribution in [3.05, 3.63) is 11.1 Å². The number of aliphatic imine (C=N–C) groups is 1. The van der Waals surface area contributed by atoms with Crippen molar-refractivity contribution in [2.24, 2.45) is 10.9 Å². The summed E-state index contributed by atoms with van der Waals surface area (Å²) in [6, 6.07) is 0. The molecule has 1 heterocycles. The highest BCUT2D eigenvalue weighted by atomic mass is 14.8. The third-order valence-electron chi connectivity index (χ3n) is 3.35. The second kappa shape index (κ2) is 4.29. The molecule has 0 spiro atoms. The lowest BCUT2D eigenvalue weighted by Crippen LogP contribution is -2.06. The molecule has 0 amide bonds. The maximum absolute atomic E-state index is 4.69. The Kier molecular flexibility index (Phi) is 3.05. The Labute approximate surface area is 87.3 Å². The average molecular weight is 191 g/mol. The predicted octanol–water partition coefficient (Wildman–Crippen LogP) is 3.75. The van der Waals surface area contributed by atoms with Crippen molar-refractivity contribution < 1.29 is 0 Å². The van der Waals surface area contributed by atoms with E-state index < -0.39 is 0 Å². The van der Waals surface area contributed by atoms with Crippen LogP contribution in [0.3, 0.4) is 0 Å². The Balaban J connectivity index is 1.97. The van der Waals surface area contributed by atoms with Gasteiger partial charge >= 0.3 is 0 Å². The number of rotatable bonds is 3. The Morgan fingerprint density at radius 3 is 2.79 bits per heavy atom. The molecule has 0 aromatic carbocycles. The van der Waals surface area contributed by atoms with Gasteiger partial charge in [0, 0.05) is 5.71 Å². The molecule has 14 heavy (non-hydrogen) atoms. The monoisotopic (exact) mass is 191 g/mol. The quantitative estimate of drug-likeness (QED) is 0.644. The first-order valence-electron chi connectivity index (χ1n) is 6.02. The lowest BCUT2D eigenvalue weighted by atomic mass is 9.89. The molecule has 0 bridgehead atoms. The molecule has 2 aliphatic rings. The summed E-state index contributed by atoms with van der Waals surface area (Å²) in [6.07, 6.45) is 7.94. The Hall–Kier alpha value is -0.590. The molecule has 0 saturated carbocycles. The fourth-order valence-electron chi connectivity index (χ4n) is 2.43. The molecule has 0 radical (unpaired) electrons. The molecule has 1 aliphatic heterocycles. The van der Waals surface area contributed by atoms with Crippen LogP contribution in [-0.2, 0) is 0 Å².